The highest BCUT2D eigenvalue weighted by Gasteiger charge is 2.22. The minimum Gasteiger partial charge on any atom is -0.459 e. The second-order valence-corrected chi connectivity index (χ2v) is 5.58. The Bertz CT molecular complexity index is 465. The third-order valence-corrected chi connectivity index (χ3v) is 2.49. The number of hydrogen-bond acceptors (Lipinski definition) is 4. The monoisotopic (exact) mass is 292 g/mol. The Morgan fingerprint density at radius 3 is 2.38 bits per heavy atom. The average Bonchev–Trinajstić information content (AvgIpc) is 2.41. The quantitative estimate of drug-likeness (QED) is 0.669. The SMILES string of the molecule is [CH2-]C[C@H](NC(=O)OC(C)(C)C)C(=O)OCc1ccccc1. The molecule has 1 aromatic rings. The molecule has 0 bridgehead atoms. The molecule has 5 heteroatoms. The second-order valence-electron chi connectivity index (χ2n) is 5.58. The Morgan fingerprint density at radius 1 is 1.24 bits per heavy atom. The minimum atomic E-state index is -0.816. The third-order valence-electron chi connectivity index (χ3n) is 2.49. The molecule has 0 saturated carbocycles. The summed E-state index contributed by atoms with van der Waals surface area (Å²) < 4.78 is 10.3. The molecule has 5 nitrogen and oxygen atoms in total. The van der Waals surface area contributed by atoms with Gasteiger partial charge in [0.15, 0.2) is 0 Å². The molecule has 0 heterocycles. The molecule has 116 valence electrons. The fourth-order valence-corrected chi connectivity index (χ4v) is 1.53. The van der Waals surface area contributed by atoms with Gasteiger partial charge in [0.05, 0.1) is 0 Å². The van der Waals surface area contributed by atoms with E-state index in [1.54, 1.807) is 20.8 Å². The van der Waals surface area contributed by atoms with Gasteiger partial charge in [-0.25, -0.2) is 9.59 Å². The number of carbonyl (C=O) groups excluding carboxylic acids is 2. The molecule has 0 aliphatic rings. The van der Waals surface area contributed by atoms with E-state index in [-0.39, 0.29) is 13.0 Å². The molecule has 1 amide bonds. The van der Waals surface area contributed by atoms with E-state index in [1.165, 1.54) is 0 Å². The van der Waals surface area contributed by atoms with Crippen molar-refractivity contribution in [1.82, 2.24) is 5.32 Å². The van der Waals surface area contributed by atoms with Crippen LogP contribution in [0.1, 0.15) is 32.8 Å². The van der Waals surface area contributed by atoms with Crippen molar-refractivity contribution in [3.63, 3.8) is 0 Å². The molecule has 0 fully saturated rings. The van der Waals surface area contributed by atoms with Gasteiger partial charge in [-0.1, -0.05) is 30.3 Å². The number of nitrogens with one attached hydrogen (secondary N) is 1. The molecular formula is C16H22NO4-. The van der Waals surface area contributed by atoms with Gasteiger partial charge in [-0.2, -0.15) is 6.42 Å². The van der Waals surface area contributed by atoms with Crippen LogP contribution in [-0.2, 0) is 20.9 Å². The van der Waals surface area contributed by atoms with Gasteiger partial charge in [-0.15, -0.1) is 0 Å². The van der Waals surface area contributed by atoms with Crippen LogP contribution in [0.15, 0.2) is 30.3 Å². The maximum atomic E-state index is 11.9. The van der Waals surface area contributed by atoms with Gasteiger partial charge in [-0.05, 0) is 26.3 Å². The zero-order valence-corrected chi connectivity index (χ0v) is 12.7. The number of carbonyl (C=O) groups is 2. The predicted octanol–water partition coefficient (Wildman–Crippen LogP) is 2.85. The molecule has 21 heavy (non-hydrogen) atoms. The molecule has 0 aliphatic heterocycles. The van der Waals surface area contributed by atoms with Crippen molar-refractivity contribution in [2.75, 3.05) is 0 Å². The van der Waals surface area contributed by atoms with Crippen molar-refractivity contribution in [3.8, 4) is 0 Å². The standard InChI is InChI=1S/C16H22NO4/c1-5-13(17-15(19)21-16(2,3)4)14(18)20-11-12-9-7-6-8-10-12/h6-10,13H,1,5,11H2,2-4H3,(H,17,19)/q-1/t13-/m0/s1. The molecule has 0 aliphatic carbocycles. The zero-order chi connectivity index (χ0) is 15.9. The molecule has 0 saturated heterocycles. The summed E-state index contributed by atoms with van der Waals surface area (Å²) in [6, 6.07) is 8.50. The first-order valence-corrected chi connectivity index (χ1v) is 6.81. The summed E-state index contributed by atoms with van der Waals surface area (Å²) in [6.45, 7) is 9.05. The number of hydrogen-bond donors (Lipinski definition) is 1. The van der Waals surface area contributed by atoms with Crippen LogP contribution >= 0.6 is 0 Å². The molecule has 1 atom stereocenters. The first kappa shape index (κ1) is 17.0. The van der Waals surface area contributed by atoms with Crippen LogP contribution < -0.4 is 5.32 Å². The Morgan fingerprint density at radius 2 is 1.86 bits per heavy atom. The van der Waals surface area contributed by atoms with Crippen LogP contribution in [0.4, 0.5) is 4.79 Å². The Balaban J connectivity index is 2.48. The minimum absolute atomic E-state index is 0.159. The molecule has 0 spiro atoms. The van der Waals surface area contributed by atoms with E-state index in [2.05, 4.69) is 12.2 Å². The van der Waals surface area contributed by atoms with Gasteiger partial charge in [0.1, 0.15) is 18.2 Å². The summed E-state index contributed by atoms with van der Waals surface area (Å²) in [4.78, 5) is 23.6. The van der Waals surface area contributed by atoms with Gasteiger partial charge < -0.3 is 21.7 Å². The normalized spacial score (nSPS) is 12.4. The number of amides is 1. The summed E-state index contributed by atoms with van der Waals surface area (Å²) >= 11 is 0. The molecule has 0 aromatic heterocycles. The molecule has 1 rings (SSSR count). The lowest BCUT2D eigenvalue weighted by atomic mass is 10.2. The van der Waals surface area contributed by atoms with Gasteiger partial charge in [0.25, 0.3) is 0 Å². The average molecular weight is 292 g/mol. The summed E-state index contributed by atoms with van der Waals surface area (Å²) in [5.74, 6) is -0.528. The van der Waals surface area contributed by atoms with Crippen molar-refractivity contribution >= 4 is 12.1 Å². The van der Waals surface area contributed by atoms with Crippen molar-refractivity contribution < 1.29 is 19.1 Å². The topological polar surface area (TPSA) is 64.6 Å². The Hall–Kier alpha value is -2.04. The number of alkyl carbamates (subject to hydrolysis) is 1. The number of benzene rings is 1. The van der Waals surface area contributed by atoms with Crippen molar-refractivity contribution in [3.05, 3.63) is 42.8 Å². The highest BCUT2D eigenvalue weighted by atomic mass is 16.6. The lowest BCUT2D eigenvalue weighted by Gasteiger charge is -2.23. The van der Waals surface area contributed by atoms with Gasteiger partial charge in [0.2, 0.25) is 0 Å². The Kier molecular flexibility index (Phi) is 6.21. The highest BCUT2D eigenvalue weighted by Crippen LogP contribution is 2.08. The molecule has 1 aromatic carbocycles. The van der Waals surface area contributed by atoms with E-state index in [4.69, 9.17) is 9.47 Å². The van der Waals surface area contributed by atoms with E-state index in [9.17, 15) is 9.59 Å². The van der Waals surface area contributed by atoms with E-state index in [0.717, 1.165) is 5.56 Å². The van der Waals surface area contributed by atoms with Crippen LogP contribution in [0.25, 0.3) is 0 Å². The van der Waals surface area contributed by atoms with E-state index >= 15 is 0 Å². The van der Waals surface area contributed by atoms with E-state index < -0.39 is 23.7 Å². The molecule has 0 unspecified atom stereocenters. The molecule has 0 radical (unpaired) electrons. The Labute approximate surface area is 125 Å². The van der Waals surface area contributed by atoms with Crippen molar-refractivity contribution in [2.45, 2.75) is 45.4 Å². The predicted molar refractivity (Wildman–Crippen MR) is 79.4 cm³/mol. The van der Waals surface area contributed by atoms with Crippen molar-refractivity contribution in [1.29, 1.82) is 0 Å². The van der Waals surface area contributed by atoms with Crippen LogP contribution in [0, 0.1) is 6.92 Å². The summed E-state index contributed by atoms with van der Waals surface area (Å²) in [5.41, 5.74) is 0.259. The zero-order valence-electron chi connectivity index (χ0n) is 12.7. The summed E-state index contributed by atoms with van der Waals surface area (Å²) in [6.07, 6.45) is -0.472. The largest absolute Gasteiger partial charge is 0.459 e. The first-order valence-electron chi connectivity index (χ1n) is 6.81. The van der Waals surface area contributed by atoms with Crippen LogP contribution in [-0.4, -0.2) is 23.7 Å². The summed E-state index contributed by atoms with van der Waals surface area (Å²) in [7, 11) is 0. The number of rotatable bonds is 5. The van der Waals surface area contributed by atoms with Crippen LogP contribution in [0.5, 0.6) is 0 Å². The van der Waals surface area contributed by atoms with E-state index in [0.29, 0.717) is 0 Å². The third kappa shape index (κ3) is 6.79. The molecule has 1 N–H and O–H groups in total. The summed E-state index contributed by atoms with van der Waals surface area (Å²) in [5, 5.41) is 2.46. The van der Waals surface area contributed by atoms with Gasteiger partial charge >= 0.3 is 12.1 Å². The van der Waals surface area contributed by atoms with Gasteiger partial charge in [-0.3, -0.25) is 0 Å². The highest BCUT2D eigenvalue weighted by molar-refractivity contribution is 5.81. The number of esters is 1. The smallest absolute Gasteiger partial charge is 0.408 e. The lowest BCUT2D eigenvalue weighted by Crippen LogP contribution is -2.43. The van der Waals surface area contributed by atoms with Gasteiger partial charge in [0, 0.05) is 0 Å². The maximum Gasteiger partial charge on any atom is 0.408 e. The van der Waals surface area contributed by atoms with Crippen molar-refractivity contribution in [2.24, 2.45) is 0 Å². The maximum absolute atomic E-state index is 11.9. The first-order chi connectivity index (χ1) is 9.81. The van der Waals surface area contributed by atoms with E-state index in [1.807, 2.05) is 30.3 Å². The van der Waals surface area contributed by atoms with Crippen LogP contribution in [0.2, 0.25) is 0 Å². The molecular weight excluding hydrogens is 270 g/mol. The fraction of sp³-hybridized carbons (Fsp3) is 0.438. The fourth-order valence-electron chi connectivity index (χ4n) is 1.53. The van der Waals surface area contributed by atoms with Crippen LogP contribution in [0.3, 0.4) is 0 Å². The second kappa shape index (κ2) is 7.67. The lowest BCUT2D eigenvalue weighted by molar-refractivity contribution is -0.147. The number of ether oxygens (including phenoxy) is 2.